The molecule has 0 bridgehead atoms. The molecule has 74 valence electrons. The largest absolute Gasteiger partial charge is 0.396 e. The van der Waals surface area contributed by atoms with Gasteiger partial charge in [-0.1, -0.05) is 13.8 Å². The lowest BCUT2D eigenvalue weighted by Crippen LogP contribution is -2.10. The van der Waals surface area contributed by atoms with Gasteiger partial charge < -0.3 is 5.73 Å². The third-order valence-corrected chi connectivity index (χ3v) is 2.67. The first-order chi connectivity index (χ1) is 6.11. The van der Waals surface area contributed by atoms with E-state index >= 15 is 0 Å². The van der Waals surface area contributed by atoms with Crippen LogP contribution >= 0.6 is 0 Å². The molecule has 3 nitrogen and oxygen atoms in total. The third kappa shape index (κ3) is 1.69. The van der Waals surface area contributed by atoms with Gasteiger partial charge in [-0.25, -0.2) is 0 Å². The van der Waals surface area contributed by atoms with Crippen LogP contribution in [0.3, 0.4) is 0 Å². The minimum Gasteiger partial charge on any atom is -0.396 e. The van der Waals surface area contributed by atoms with Crippen LogP contribution in [0, 0.1) is 13.8 Å². The molecule has 1 rings (SSSR count). The Kier molecular flexibility index (Phi) is 2.96. The van der Waals surface area contributed by atoms with Gasteiger partial charge in [0.05, 0.1) is 23.1 Å². The van der Waals surface area contributed by atoms with Crippen molar-refractivity contribution in [1.29, 1.82) is 0 Å². The standard InChI is InChI=1S/C10H19N3/c1-5-9(6-2)13-8(4)10(11)7(3)12-13/h9H,5-6,11H2,1-4H3. The first-order valence-corrected chi connectivity index (χ1v) is 4.92. The quantitative estimate of drug-likeness (QED) is 0.778. The van der Waals surface area contributed by atoms with E-state index in [4.69, 9.17) is 5.73 Å². The summed E-state index contributed by atoms with van der Waals surface area (Å²) in [5.74, 6) is 0. The Morgan fingerprint density at radius 3 is 2.15 bits per heavy atom. The molecule has 0 aliphatic carbocycles. The molecule has 0 amide bonds. The molecule has 1 aromatic rings. The second kappa shape index (κ2) is 3.81. The van der Waals surface area contributed by atoms with Crippen molar-refractivity contribution in [2.45, 2.75) is 46.6 Å². The molecule has 13 heavy (non-hydrogen) atoms. The van der Waals surface area contributed by atoms with Gasteiger partial charge in [-0.3, -0.25) is 4.68 Å². The smallest absolute Gasteiger partial charge is 0.0826 e. The normalized spacial score (nSPS) is 11.2. The lowest BCUT2D eigenvalue weighted by molar-refractivity contribution is 0.418. The average molecular weight is 181 g/mol. The molecule has 2 N–H and O–H groups in total. The highest BCUT2D eigenvalue weighted by Crippen LogP contribution is 2.22. The van der Waals surface area contributed by atoms with Crippen LogP contribution < -0.4 is 5.73 Å². The summed E-state index contributed by atoms with van der Waals surface area (Å²) in [4.78, 5) is 0. The molecule has 1 aromatic heterocycles. The summed E-state index contributed by atoms with van der Waals surface area (Å²) in [6, 6.07) is 0.496. The van der Waals surface area contributed by atoms with Gasteiger partial charge in [0, 0.05) is 0 Å². The Balaban J connectivity index is 3.06. The molecule has 0 fully saturated rings. The number of aromatic nitrogens is 2. The van der Waals surface area contributed by atoms with Crippen LogP contribution in [0.4, 0.5) is 5.69 Å². The van der Waals surface area contributed by atoms with E-state index in [0.29, 0.717) is 6.04 Å². The average Bonchev–Trinajstić information content (AvgIpc) is 2.36. The maximum atomic E-state index is 5.87. The molecule has 0 radical (unpaired) electrons. The van der Waals surface area contributed by atoms with Crippen LogP contribution in [-0.2, 0) is 0 Å². The van der Waals surface area contributed by atoms with Crippen LogP contribution in [0.5, 0.6) is 0 Å². The van der Waals surface area contributed by atoms with Crippen LogP contribution in [0.1, 0.15) is 44.1 Å². The number of hydrogen-bond donors (Lipinski definition) is 1. The fourth-order valence-corrected chi connectivity index (χ4v) is 1.67. The van der Waals surface area contributed by atoms with Gasteiger partial charge in [0.1, 0.15) is 0 Å². The molecule has 0 aliphatic heterocycles. The molecule has 0 unspecified atom stereocenters. The second-order valence-electron chi connectivity index (χ2n) is 3.50. The molecular formula is C10H19N3. The Bertz CT molecular complexity index is 285. The SMILES string of the molecule is CCC(CC)n1nc(C)c(N)c1C. The number of nitrogen functional groups attached to an aromatic ring is 1. The van der Waals surface area contributed by atoms with Crippen molar-refractivity contribution in [3.63, 3.8) is 0 Å². The predicted octanol–water partition coefficient (Wildman–Crippen LogP) is 2.44. The van der Waals surface area contributed by atoms with E-state index in [1.807, 2.05) is 13.8 Å². The van der Waals surface area contributed by atoms with Crippen LogP contribution in [0.2, 0.25) is 0 Å². The van der Waals surface area contributed by atoms with Gasteiger partial charge >= 0.3 is 0 Å². The van der Waals surface area contributed by atoms with E-state index in [0.717, 1.165) is 29.9 Å². The summed E-state index contributed by atoms with van der Waals surface area (Å²) >= 11 is 0. The van der Waals surface area contributed by atoms with E-state index in [1.54, 1.807) is 0 Å². The van der Waals surface area contributed by atoms with Crippen molar-refractivity contribution < 1.29 is 0 Å². The molecule has 0 saturated carbocycles. The highest BCUT2D eigenvalue weighted by atomic mass is 15.3. The van der Waals surface area contributed by atoms with Crippen LogP contribution in [0.15, 0.2) is 0 Å². The molecule has 0 aliphatic rings. The second-order valence-corrected chi connectivity index (χ2v) is 3.50. The molecule has 0 spiro atoms. The summed E-state index contributed by atoms with van der Waals surface area (Å²) < 4.78 is 2.06. The molecule has 3 heteroatoms. The van der Waals surface area contributed by atoms with Gasteiger partial charge in [0.2, 0.25) is 0 Å². The van der Waals surface area contributed by atoms with Crippen molar-refractivity contribution in [3.05, 3.63) is 11.4 Å². The number of hydrogen-bond acceptors (Lipinski definition) is 2. The zero-order valence-electron chi connectivity index (χ0n) is 8.96. The molecule has 0 saturated heterocycles. The highest BCUT2D eigenvalue weighted by Gasteiger charge is 2.13. The zero-order chi connectivity index (χ0) is 10.0. The van der Waals surface area contributed by atoms with Crippen molar-refractivity contribution in [3.8, 4) is 0 Å². The van der Waals surface area contributed by atoms with Crippen LogP contribution in [-0.4, -0.2) is 9.78 Å². The maximum Gasteiger partial charge on any atom is 0.0826 e. The first kappa shape index (κ1) is 10.1. The van der Waals surface area contributed by atoms with E-state index in [2.05, 4.69) is 23.6 Å². The van der Waals surface area contributed by atoms with Crippen molar-refractivity contribution in [2.75, 3.05) is 5.73 Å². The molecule has 0 aromatic carbocycles. The van der Waals surface area contributed by atoms with Gasteiger partial charge in [-0.15, -0.1) is 0 Å². The van der Waals surface area contributed by atoms with Gasteiger partial charge in [-0.05, 0) is 26.7 Å². The fourth-order valence-electron chi connectivity index (χ4n) is 1.67. The lowest BCUT2D eigenvalue weighted by atomic mass is 10.2. The van der Waals surface area contributed by atoms with Gasteiger partial charge in [0.15, 0.2) is 0 Å². The molecule has 1 heterocycles. The van der Waals surface area contributed by atoms with Crippen molar-refractivity contribution >= 4 is 5.69 Å². The van der Waals surface area contributed by atoms with E-state index in [1.165, 1.54) is 0 Å². The van der Waals surface area contributed by atoms with E-state index in [-0.39, 0.29) is 0 Å². The zero-order valence-corrected chi connectivity index (χ0v) is 8.96. The summed E-state index contributed by atoms with van der Waals surface area (Å²) in [7, 11) is 0. The summed E-state index contributed by atoms with van der Waals surface area (Å²) in [5.41, 5.74) is 8.76. The minimum absolute atomic E-state index is 0.496. The number of aryl methyl sites for hydroxylation is 1. The topological polar surface area (TPSA) is 43.8 Å². The monoisotopic (exact) mass is 181 g/mol. The van der Waals surface area contributed by atoms with Crippen LogP contribution in [0.25, 0.3) is 0 Å². The lowest BCUT2D eigenvalue weighted by Gasteiger charge is -2.14. The fraction of sp³-hybridized carbons (Fsp3) is 0.700. The van der Waals surface area contributed by atoms with Crippen molar-refractivity contribution in [2.24, 2.45) is 0 Å². The summed E-state index contributed by atoms with van der Waals surface area (Å²) in [6.07, 6.45) is 2.22. The van der Waals surface area contributed by atoms with Gasteiger partial charge in [-0.2, -0.15) is 5.10 Å². The Labute approximate surface area is 79.9 Å². The van der Waals surface area contributed by atoms with E-state index in [9.17, 15) is 0 Å². The number of rotatable bonds is 3. The Morgan fingerprint density at radius 1 is 1.31 bits per heavy atom. The molecular weight excluding hydrogens is 162 g/mol. The Hall–Kier alpha value is -0.990. The molecule has 0 atom stereocenters. The third-order valence-electron chi connectivity index (χ3n) is 2.67. The summed E-state index contributed by atoms with van der Waals surface area (Å²) in [6.45, 7) is 8.36. The number of nitrogens with two attached hydrogens (primary N) is 1. The van der Waals surface area contributed by atoms with E-state index < -0.39 is 0 Å². The first-order valence-electron chi connectivity index (χ1n) is 4.92. The predicted molar refractivity (Wildman–Crippen MR) is 55.7 cm³/mol. The minimum atomic E-state index is 0.496. The number of anilines is 1. The Morgan fingerprint density at radius 2 is 1.85 bits per heavy atom. The number of nitrogens with zero attached hydrogens (tertiary/aromatic N) is 2. The summed E-state index contributed by atoms with van der Waals surface area (Å²) in [5, 5.41) is 4.44. The van der Waals surface area contributed by atoms with Gasteiger partial charge in [0.25, 0.3) is 0 Å². The highest BCUT2D eigenvalue weighted by molar-refractivity contribution is 5.46. The van der Waals surface area contributed by atoms with Crippen molar-refractivity contribution in [1.82, 2.24) is 9.78 Å². The maximum absolute atomic E-state index is 5.87.